The molecule has 88 valence electrons. The molecule has 0 aliphatic carbocycles. The van der Waals surface area contributed by atoms with Gasteiger partial charge in [0.05, 0.1) is 0 Å². The van der Waals surface area contributed by atoms with Gasteiger partial charge in [0.15, 0.2) is 0 Å². The Morgan fingerprint density at radius 2 is 1.93 bits per heavy atom. The van der Waals surface area contributed by atoms with Gasteiger partial charge in [-0.15, -0.1) is 0 Å². The zero-order valence-electron chi connectivity index (χ0n) is 9.54. The molecular weight excluding hydrogens is 192 g/mol. The summed E-state index contributed by atoms with van der Waals surface area (Å²) in [5.74, 6) is 0. The minimum Gasteiger partial charge on any atom is -0.338 e. The van der Waals surface area contributed by atoms with Crippen LogP contribution in [0.3, 0.4) is 0 Å². The van der Waals surface area contributed by atoms with Gasteiger partial charge in [-0.3, -0.25) is 0 Å². The molecule has 0 bridgehead atoms. The van der Waals surface area contributed by atoms with Crippen molar-refractivity contribution >= 4 is 6.03 Å². The molecule has 1 rings (SSSR count). The predicted octanol–water partition coefficient (Wildman–Crippen LogP) is -0.318. The van der Waals surface area contributed by atoms with E-state index >= 15 is 0 Å². The predicted molar refractivity (Wildman–Crippen MR) is 60.8 cm³/mol. The molecule has 1 aliphatic rings. The molecular formula is C10H22N4O. The zero-order chi connectivity index (χ0) is 11.1. The van der Waals surface area contributed by atoms with Crippen LogP contribution >= 0.6 is 0 Å². The summed E-state index contributed by atoms with van der Waals surface area (Å²) in [5, 5.41) is 2.91. The number of piperazine rings is 1. The minimum atomic E-state index is 0.0696. The quantitative estimate of drug-likeness (QED) is 0.631. The Labute approximate surface area is 91.6 Å². The van der Waals surface area contributed by atoms with Gasteiger partial charge in [0.2, 0.25) is 0 Å². The van der Waals surface area contributed by atoms with E-state index in [1.807, 2.05) is 4.90 Å². The highest BCUT2D eigenvalue weighted by molar-refractivity contribution is 5.74. The van der Waals surface area contributed by atoms with Crippen molar-refractivity contribution in [3.63, 3.8) is 0 Å². The average molecular weight is 214 g/mol. The number of carbonyl (C=O) groups is 1. The standard InChI is InChI=1S/C10H22N4O/c1-13-6-8-14(9-7-13)10(15)12-5-3-2-4-11/h2-9,11H2,1H3,(H,12,15). The molecule has 0 aromatic carbocycles. The summed E-state index contributed by atoms with van der Waals surface area (Å²) >= 11 is 0. The van der Waals surface area contributed by atoms with E-state index in [1.165, 1.54) is 0 Å². The molecule has 1 heterocycles. The third kappa shape index (κ3) is 4.48. The highest BCUT2D eigenvalue weighted by Gasteiger charge is 2.17. The molecule has 0 aromatic rings. The van der Waals surface area contributed by atoms with Crippen LogP contribution in [0.4, 0.5) is 4.79 Å². The Bertz CT molecular complexity index is 190. The van der Waals surface area contributed by atoms with Gasteiger partial charge in [-0.2, -0.15) is 0 Å². The normalized spacial score (nSPS) is 17.9. The van der Waals surface area contributed by atoms with Crippen LogP contribution in [0.2, 0.25) is 0 Å². The lowest BCUT2D eigenvalue weighted by Gasteiger charge is -2.32. The first-order chi connectivity index (χ1) is 7.24. The topological polar surface area (TPSA) is 61.6 Å². The molecule has 0 atom stereocenters. The summed E-state index contributed by atoms with van der Waals surface area (Å²) in [6, 6.07) is 0.0696. The number of nitrogens with two attached hydrogens (primary N) is 1. The van der Waals surface area contributed by atoms with Crippen LogP contribution in [-0.4, -0.2) is 62.1 Å². The molecule has 15 heavy (non-hydrogen) atoms. The van der Waals surface area contributed by atoms with Crippen molar-refractivity contribution in [1.82, 2.24) is 15.1 Å². The molecule has 0 aromatic heterocycles. The third-order valence-electron chi connectivity index (χ3n) is 2.70. The van der Waals surface area contributed by atoms with Gasteiger partial charge in [-0.05, 0) is 26.4 Å². The second-order valence-corrected chi connectivity index (χ2v) is 4.02. The highest BCUT2D eigenvalue weighted by Crippen LogP contribution is 1.99. The van der Waals surface area contributed by atoms with Crippen LogP contribution in [0.1, 0.15) is 12.8 Å². The Balaban J connectivity index is 2.11. The molecule has 0 unspecified atom stereocenters. The summed E-state index contributed by atoms with van der Waals surface area (Å²) in [5.41, 5.74) is 5.37. The van der Waals surface area contributed by atoms with Crippen LogP contribution in [0.15, 0.2) is 0 Å². The number of hydrogen-bond acceptors (Lipinski definition) is 3. The summed E-state index contributed by atoms with van der Waals surface area (Å²) in [6.07, 6.45) is 1.94. The molecule has 0 saturated carbocycles. The monoisotopic (exact) mass is 214 g/mol. The zero-order valence-corrected chi connectivity index (χ0v) is 9.54. The first kappa shape index (κ1) is 12.3. The van der Waals surface area contributed by atoms with Crippen molar-refractivity contribution in [3.05, 3.63) is 0 Å². The van der Waals surface area contributed by atoms with Gasteiger partial charge < -0.3 is 20.9 Å². The minimum absolute atomic E-state index is 0.0696. The van der Waals surface area contributed by atoms with Crippen molar-refractivity contribution in [2.45, 2.75) is 12.8 Å². The lowest BCUT2D eigenvalue weighted by Crippen LogP contribution is -2.50. The molecule has 2 amide bonds. The van der Waals surface area contributed by atoms with Gasteiger partial charge >= 0.3 is 6.03 Å². The number of likely N-dealkylation sites (N-methyl/N-ethyl adjacent to an activating group) is 1. The molecule has 1 saturated heterocycles. The van der Waals surface area contributed by atoms with Crippen LogP contribution in [-0.2, 0) is 0 Å². The second-order valence-electron chi connectivity index (χ2n) is 4.02. The first-order valence-electron chi connectivity index (χ1n) is 5.65. The summed E-state index contributed by atoms with van der Waals surface area (Å²) in [4.78, 5) is 15.7. The number of amides is 2. The number of carbonyl (C=O) groups excluding carboxylic acids is 1. The SMILES string of the molecule is CN1CCN(C(=O)NCCCCN)CC1. The van der Waals surface area contributed by atoms with Crippen molar-refractivity contribution in [1.29, 1.82) is 0 Å². The molecule has 1 fully saturated rings. The van der Waals surface area contributed by atoms with Crippen LogP contribution in [0.5, 0.6) is 0 Å². The lowest BCUT2D eigenvalue weighted by molar-refractivity contribution is 0.154. The average Bonchev–Trinajstić information content (AvgIpc) is 2.25. The largest absolute Gasteiger partial charge is 0.338 e. The number of nitrogens with zero attached hydrogens (tertiary/aromatic N) is 2. The molecule has 0 radical (unpaired) electrons. The number of nitrogens with one attached hydrogen (secondary N) is 1. The Kier molecular flexibility index (Phi) is 5.42. The molecule has 5 heteroatoms. The Morgan fingerprint density at radius 3 is 2.53 bits per heavy atom. The molecule has 3 N–H and O–H groups in total. The fourth-order valence-electron chi connectivity index (χ4n) is 1.59. The van der Waals surface area contributed by atoms with Crippen molar-refractivity contribution in [2.24, 2.45) is 5.73 Å². The van der Waals surface area contributed by atoms with Crippen molar-refractivity contribution in [2.75, 3.05) is 46.3 Å². The maximum Gasteiger partial charge on any atom is 0.317 e. The fourth-order valence-corrected chi connectivity index (χ4v) is 1.59. The Hall–Kier alpha value is -0.810. The maximum atomic E-state index is 11.6. The van der Waals surface area contributed by atoms with Gasteiger partial charge in [0, 0.05) is 32.7 Å². The van der Waals surface area contributed by atoms with Gasteiger partial charge in [0.25, 0.3) is 0 Å². The van der Waals surface area contributed by atoms with Gasteiger partial charge in [-0.25, -0.2) is 4.79 Å². The third-order valence-corrected chi connectivity index (χ3v) is 2.70. The second kappa shape index (κ2) is 6.63. The lowest BCUT2D eigenvalue weighted by atomic mass is 10.3. The van der Waals surface area contributed by atoms with Crippen molar-refractivity contribution < 1.29 is 4.79 Å². The van der Waals surface area contributed by atoms with E-state index in [9.17, 15) is 4.79 Å². The van der Waals surface area contributed by atoms with E-state index in [2.05, 4.69) is 17.3 Å². The van der Waals surface area contributed by atoms with E-state index in [4.69, 9.17) is 5.73 Å². The van der Waals surface area contributed by atoms with Crippen LogP contribution < -0.4 is 11.1 Å². The summed E-state index contributed by atoms with van der Waals surface area (Å²) in [7, 11) is 2.08. The van der Waals surface area contributed by atoms with E-state index in [-0.39, 0.29) is 6.03 Å². The summed E-state index contributed by atoms with van der Waals surface area (Å²) in [6.45, 7) is 5.04. The van der Waals surface area contributed by atoms with Gasteiger partial charge in [-0.1, -0.05) is 0 Å². The number of urea groups is 1. The maximum absolute atomic E-state index is 11.6. The smallest absolute Gasteiger partial charge is 0.317 e. The fraction of sp³-hybridized carbons (Fsp3) is 0.900. The van der Waals surface area contributed by atoms with E-state index < -0.39 is 0 Å². The van der Waals surface area contributed by atoms with Gasteiger partial charge in [0.1, 0.15) is 0 Å². The summed E-state index contributed by atoms with van der Waals surface area (Å²) < 4.78 is 0. The van der Waals surface area contributed by atoms with E-state index in [1.54, 1.807) is 0 Å². The highest BCUT2D eigenvalue weighted by atomic mass is 16.2. The molecule has 5 nitrogen and oxygen atoms in total. The molecule has 0 spiro atoms. The van der Waals surface area contributed by atoms with Crippen LogP contribution in [0, 0.1) is 0 Å². The molecule has 1 aliphatic heterocycles. The van der Waals surface area contributed by atoms with E-state index in [0.29, 0.717) is 6.54 Å². The van der Waals surface area contributed by atoms with E-state index in [0.717, 1.165) is 45.6 Å². The van der Waals surface area contributed by atoms with Crippen LogP contribution in [0.25, 0.3) is 0 Å². The number of unbranched alkanes of at least 4 members (excludes halogenated alkanes) is 1. The number of rotatable bonds is 4. The Morgan fingerprint density at radius 1 is 1.27 bits per heavy atom. The van der Waals surface area contributed by atoms with Crippen molar-refractivity contribution in [3.8, 4) is 0 Å². The first-order valence-corrected chi connectivity index (χ1v) is 5.65. The number of hydrogen-bond donors (Lipinski definition) is 2.